The van der Waals surface area contributed by atoms with E-state index in [1.807, 2.05) is 48.7 Å². The van der Waals surface area contributed by atoms with Gasteiger partial charge in [-0.15, -0.1) is 0 Å². The molecule has 3 nitrogen and oxygen atoms in total. The second-order valence-electron chi connectivity index (χ2n) is 5.53. The van der Waals surface area contributed by atoms with Crippen LogP contribution in [0.5, 0.6) is 0 Å². The van der Waals surface area contributed by atoms with Crippen LogP contribution in [0.2, 0.25) is 0 Å². The maximum Gasteiger partial charge on any atom is 0.168 e. The molecule has 0 saturated heterocycles. The van der Waals surface area contributed by atoms with Gasteiger partial charge in [-0.1, -0.05) is 48.5 Å². The standard InChI is InChI=1S/C19H17NO2S/c1-23(21,22)13-11-15-6-8-16(9-7-15)14-19-18-5-3-2-4-17(18)10-12-20-19/h2-13H,14H2,1H3. The van der Waals surface area contributed by atoms with Crippen molar-refractivity contribution in [2.75, 3.05) is 6.26 Å². The highest BCUT2D eigenvalue weighted by atomic mass is 32.2. The molecular formula is C19H17NO2S. The first-order valence-corrected chi connectivity index (χ1v) is 9.26. The topological polar surface area (TPSA) is 47.0 Å². The van der Waals surface area contributed by atoms with Crippen LogP contribution in [-0.4, -0.2) is 19.7 Å². The number of fused-ring (bicyclic) bond motifs is 1. The van der Waals surface area contributed by atoms with Crippen molar-refractivity contribution in [1.82, 2.24) is 4.98 Å². The van der Waals surface area contributed by atoms with E-state index in [9.17, 15) is 8.42 Å². The zero-order valence-corrected chi connectivity index (χ0v) is 13.6. The summed E-state index contributed by atoms with van der Waals surface area (Å²) in [5, 5.41) is 3.56. The van der Waals surface area contributed by atoms with Crippen molar-refractivity contribution in [1.29, 1.82) is 0 Å². The Hall–Kier alpha value is -2.46. The number of benzene rings is 2. The van der Waals surface area contributed by atoms with Crippen LogP contribution in [0, 0.1) is 0 Å². The monoisotopic (exact) mass is 323 g/mol. The van der Waals surface area contributed by atoms with Crippen LogP contribution in [-0.2, 0) is 16.3 Å². The zero-order chi connectivity index (χ0) is 16.3. The maximum absolute atomic E-state index is 11.1. The highest BCUT2D eigenvalue weighted by Crippen LogP contribution is 2.19. The van der Waals surface area contributed by atoms with Crippen LogP contribution >= 0.6 is 0 Å². The average molecular weight is 323 g/mol. The van der Waals surface area contributed by atoms with E-state index in [0.717, 1.165) is 28.6 Å². The Balaban J connectivity index is 1.84. The van der Waals surface area contributed by atoms with Crippen molar-refractivity contribution in [2.24, 2.45) is 0 Å². The number of hydrogen-bond donors (Lipinski definition) is 0. The first-order chi connectivity index (χ1) is 11.0. The molecule has 0 unspecified atom stereocenters. The first kappa shape index (κ1) is 15.4. The number of aromatic nitrogens is 1. The normalized spacial score (nSPS) is 12.0. The molecule has 0 saturated carbocycles. The molecule has 2 aromatic carbocycles. The van der Waals surface area contributed by atoms with Crippen LogP contribution < -0.4 is 0 Å². The maximum atomic E-state index is 11.1. The Kier molecular flexibility index (Phi) is 4.26. The van der Waals surface area contributed by atoms with Gasteiger partial charge in [-0.05, 0) is 28.7 Å². The summed E-state index contributed by atoms with van der Waals surface area (Å²) in [4.78, 5) is 4.50. The van der Waals surface area contributed by atoms with Crippen molar-refractivity contribution in [3.05, 3.63) is 83.0 Å². The fraction of sp³-hybridized carbons (Fsp3) is 0.105. The zero-order valence-electron chi connectivity index (χ0n) is 12.8. The van der Waals surface area contributed by atoms with Gasteiger partial charge >= 0.3 is 0 Å². The highest BCUT2D eigenvalue weighted by molar-refractivity contribution is 7.93. The summed E-state index contributed by atoms with van der Waals surface area (Å²) < 4.78 is 22.3. The van der Waals surface area contributed by atoms with Gasteiger partial charge < -0.3 is 0 Å². The van der Waals surface area contributed by atoms with Gasteiger partial charge in [0.1, 0.15) is 0 Å². The molecule has 3 rings (SSSR count). The molecule has 116 valence electrons. The molecule has 1 heterocycles. The predicted molar refractivity (Wildman–Crippen MR) is 94.9 cm³/mol. The second-order valence-corrected chi connectivity index (χ2v) is 7.46. The van der Waals surface area contributed by atoms with Crippen molar-refractivity contribution in [3.63, 3.8) is 0 Å². The van der Waals surface area contributed by atoms with E-state index >= 15 is 0 Å². The van der Waals surface area contributed by atoms with Crippen LogP contribution in [0.4, 0.5) is 0 Å². The van der Waals surface area contributed by atoms with Gasteiger partial charge in [0.15, 0.2) is 9.84 Å². The molecule has 0 aliphatic rings. The van der Waals surface area contributed by atoms with Crippen LogP contribution in [0.1, 0.15) is 16.8 Å². The number of nitrogens with zero attached hydrogens (tertiary/aromatic N) is 1. The number of hydrogen-bond acceptors (Lipinski definition) is 3. The van der Waals surface area contributed by atoms with Crippen LogP contribution in [0.3, 0.4) is 0 Å². The molecule has 1 aromatic heterocycles. The molecule has 0 atom stereocenters. The van der Waals surface area contributed by atoms with Crippen molar-refractivity contribution in [3.8, 4) is 0 Å². The van der Waals surface area contributed by atoms with Gasteiger partial charge in [0, 0.05) is 29.7 Å². The summed E-state index contributed by atoms with van der Waals surface area (Å²) in [5.74, 6) is 0. The second kappa shape index (κ2) is 6.34. The SMILES string of the molecule is CS(=O)(=O)C=Cc1ccc(Cc2nccc3ccccc23)cc1. The van der Waals surface area contributed by atoms with Gasteiger partial charge in [-0.3, -0.25) is 4.98 Å². The fourth-order valence-corrected chi connectivity index (χ4v) is 2.87. The van der Waals surface area contributed by atoms with Gasteiger partial charge in [0.2, 0.25) is 0 Å². The Morgan fingerprint density at radius 3 is 2.48 bits per heavy atom. The molecule has 0 fully saturated rings. The Bertz CT molecular complexity index is 953. The summed E-state index contributed by atoms with van der Waals surface area (Å²) in [5.41, 5.74) is 3.05. The molecule has 0 spiro atoms. The molecule has 0 amide bonds. The Morgan fingerprint density at radius 2 is 1.74 bits per heavy atom. The lowest BCUT2D eigenvalue weighted by atomic mass is 10.0. The number of rotatable bonds is 4. The smallest absolute Gasteiger partial charge is 0.168 e. The Morgan fingerprint density at radius 1 is 1.00 bits per heavy atom. The average Bonchev–Trinajstić information content (AvgIpc) is 2.54. The lowest BCUT2D eigenvalue weighted by Gasteiger charge is -2.06. The van der Waals surface area contributed by atoms with Gasteiger partial charge in [0.25, 0.3) is 0 Å². The molecular weight excluding hydrogens is 306 g/mol. The van der Waals surface area contributed by atoms with E-state index in [2.05, 4.69) is 17.1 Å². The van der Waals surface area contributed by atoms with Crippen LogP contribution in [0.15, 0.2) is 66.2 Å². The fourth-order valence-electron chi connectivity index (χ4n) is 2.47. The third-order valence-electron chi connectivity index (χ3n) is 3.62. The summed E-state index contributed by atoms with van der Waals surface area (Å²) in [7, 11) is -3.10. The quantitative estimate of drug-likeness (QED) is 0.733. The molecule has 0 aliphatic carbocycles. The van der Waals surface area contributed by atoms with Crippen LogP contribution in [0.25, 0.3) is 16.8 Å². The minimum Gasteiger partial charge on any atom is -0.260 e. The van der Waals surface area contributed by atoms with Crippen molar-refractivity contribution >= 4 is 26.7 Å². The number of sulfone groups is 1. The minimum atomic E-state index is -3.10. The van der Waals surface area contributed by atoms with E-state index in [1.165, 1.54) is 17.1 Å². The molecule has 0 radical (unpaired) electrons. The summed E-state index contributed by atoms with van der Waals surface area (Å²) >= 11 is 0. The predicted octanol–water partition coefficient (Wildman–Crippen LogP) is 3.84. The Labute approximate surface area is 136 Å². The molecule has 0 bridgehead atoms. The third kappa shape index (κ3) is 4.05. The minimum absolute atomic E-state index is 0.747. The van der Waals surface area contributed by atoms with E-state index in [1.54, 1.807) is 6.08 Å². The summed E-state index contributed by atoms with van der Waals surface area (Å²) in [6, 6.07) is 18.1. The number of pyridine rings is 1. The molecule has 3 aromatic rings. The molecule has 4 heteroatoms. The molecule has 0 aliphatic heterocycles. The lowest BCUT2D eigenvalue weighted by molar-refractivity contribution is 0.610. The van der Waals surface area contributed by atoms with Gasteiger partial charge in [0.05, 0.1) is 5.69 Å². The van der Waals surface area contributed by atoms with Crippen molar-refractivity contribution < 1.29 is 8.42 Å². The van der Waals surface area contributed by atoms with E-state index in [0.29, 0.717) is 0 Å². The van der Waals surface area contributed by atoms with Gasteiger partial charge in [-0.2, -0.15) is 0 Å². The first-order valence-electron chi connectivity index (χ1n) is 7.31. The third-order valence-corrected chi connectivity index (χ3v) is 4.25. The van der Waals surface area contributed by atoms with Gasteiger partial charge in [-0.25, -0.2) is 8.42 Å². The van der Waals surface area contributed by atoms with E-state index < -0.39 is 9.84 Å². The molecule has 0 N–H and O–H groups in total. The highest BCUT2D eigenvalue weighted by Gasteiger charge is 2.03. The van der Waals surface area contributed by atoms with Crippen molar-refractivity contribution in [2.45, 2.75) is 6.42 Å². The largest absolute Gasteiger partial charge is 0.260 e. The summed E-state index contributed by atoms with van der Waals surface area (Å²) in [6.45, 7) is 0. The lowest BCUT2D eigenvalue weighted by Crippen LogP contribution is -1.93. The van der Waals surface area contributed by atoms with E-state index in [4.69, 9.17) is 0 Å². The van der Waals surface area contributed by atoms with E-state index in [-0.39, 0.29) is 0 Å². The molecule has 23 heavy (non-hydrogen) atoms. The summed E-state index contributed by atoms with van der Waals surface area (Å²) in [6.07, 6.45) is 5.37.